The predicted octanol–water partition coefficient (Wildman–Crippen LogP) is 4.23. The molecule has 0 heterocycles. The molecule has 0 saturated carbocycles. The minimum Gasteiger partial charge on any atom is -0.350 e. The maximum atomic E-state index is 13.4. The van der Waals surface area contributed by atoms with Gasteiger partial charge in [0.15, 0.2) is 0 Å². The summed E-state index contributed by atoms with van der Waals surface area (Å²) in [5.41, 5.74) is 0.0984. The lowest BCUT2D eigenvalue weighted by Crippen LogP contribution is -2.54. The van der Waals surface area contributed by atoms with Gasteiger partial charge in [-0.3, -0.25) is 13.9 Å². The van der Waals surface area contributed by atoms with E-state index in [4.69, 9.17) is 23.2 Å². The van der Waals surface area contributed by atoms with Crippen molar-refractivity contribution in [2.24, 2.45) is 0 Å². The fraction of sp³-hybridized carbons (Fsp3) is 0.391. The largest absolute Gasteiger partial charge is 0.350 e. The van der Waals surface area contributed by atoms with Crippen molar-refractivity contribution in [3.8, 4) is 0 Å². The van der Waals surface area contributed by atoms with Crippen LogP contribution in [-0.4, -0.2) is 49.5 Å². The molecule has 0 fully saturated rings. The average Bonchev–Trinajstić information content (AvgIpc) is 2.69. The molecule has 2 amide bonds. The summed E-state index contributed by atoms with van der Waals surface area (Å²) in [5.74, 6) is -1.61. The van der Waals surface area contributed by atoms with E-state index >= 15 is 0 Å². The normalized spacial score (nSPS) is 12.7. The number of benzene rings is 2. The van der Waals surface area contributed by atoms with Gasteiger partial charge in [-0.15, -0.1) is 0 Å². The molecule has 0 radical (unpaired) electrons. The summed E-state index contributed by atoms with van der Waals surface area (Å²) in [4.78, 5) is 27.6. The molecule has 1 N–H and O–H groups in total. The fourth-order valence-corrected chi connectivity index (χ4v) is 4.43. The van der Waals surface area contributed by atoms with E-state index in [9.17, 15) is 22.4 Å². The molecule has 0 aliphatic heterocycles. The van der Waals surface area contributed by atoms with E-state index in [1.165, 1.54) is 23.1 Å². The number of anilines is 1. The van der Waals surface area contributed by atoms with Gasteiger partial charge in [0.2, 0.25) is 21.8 Å². The van der Waals surface area contributed by atoms with E-state index in [0.29, 0.717) is 15.6 Å². The van der Waals surface area contributed by atoms with Crippen LogP contribution in [-0.2, 0) is 26.2 Å². The number of sulfonamides is 1. The number of nitrogens with zero attached hydrogens (tertiary/aromatic N) is 2. The highest BCUT2D eigenvalue weighted by Crippen LogP contribution is 2.24. The number of amides is 2. The van der Waals surface area contributed by atoms with Gasteiger partial charge < -0.3 is 10.2 Å². The van der Waals surface area contributed by atoms with E-state index < -0.39 is 45.8 Å². The molecule has 0 aliphatic rings. The van der Waals surface area contributed by atoms with E-state index in [2.05, 4.69) is 5.32 Å². The summed E-state index contributed by atoms with van der Waals surface area (Å²) in [5, 5.41) is 3.53. The Balaban J connectivity index is 2.43. The van der Waals surface area contributed by atoms with Gasteiger partial charge in [-0.2, -0.15) is 0 Å². The van der Waals surface area contributed by atoms with Crippen LogP contribution in [0.1, 0.15) is 33.3 Å². The van der Waals surface area contributed by atoms with Crippen LogP contribution in [0.4, 0.5) is 10.1 Å². The quantitative estimate of drug-likeness (QED) is 0.552. The SMILES string of the molecule is C[C@@H](C(=O)NC(C)(C)C)N(Cc1ccc(Cl)cc1Cl)C(=O)CN(c1ccc(F)cc1)S(C)(=O)=O. The van der Waals surface area contributed by atoms with Gasteiger partial charge in [0.1, 0.15) is 18.4 Å². The third-order valence-corrected chi connectivity index (χ3v) is 6.54. The van der Waals surface area contributed by atoms with Crippen molar-refractivity contribution in [1.29, 1.82) is 0 Å². The minimum absolute atomic E-state index is 0.0609. The average molecular weight is 532 g/mol. The Bertz CT molecular complexity index is 1150. The van der Waals surface area contributed by atoms with E-state index in [-0.39, 0.29) is 12.2 Å². The second-order valence-electron chi connectivity index (χ2n) is 8.92. The number of hydrogen-bond donors (Lipinski definition) is 1. The first-order valence-electron chi connectivity index (χ1n) is 10.4. The number of rotatable bonds is 8. The van der Waals surface area contributed by atoms with Gasteiger partial charge in [-0.05, 0) is 69.7 Å². The molecule has 34 heavy (non-hydrogen) atoms. The van der Waals surface area contributed by atoms with Crippen LogP contribution >= 0.6 is 23.2 Å². The topological polar surface area (TPSA) is 86.8 Å². The molecule has 2 aromatic rings. The van der Waals surface area contributed by atoms with Crippen molar-refractivity contribution < 1.29 is 22.4 Å². The zero-order valence-corrected chi connectivity index (χ0v) is 21.9. The first-order chi connectivity index (χ1) is 15.6. The molecule has 0 bridgehead atoms. The number of carbonyl (C=O) groups is 2. The molecule has 0 aromatic heterocycles. The molecule has 11 heteroatoms. The second kappa shape index (κ2) is 10.9. The van der Waals surface area contributed by atoms with Gasteiger partial charge in [0.25, 0.3) is 0 Å². The Morgan fingerprint density at radius 2 is 1.68 bits per heavy atom. The first kappa shape index (κ1) is 27.9. The van der Waals surface area contributed by atoms with Crippen LogP contribution in [0, 0.1) is 5.82 Å². The third-order valence-electron chi connectivity index (χ3n) is 4.82. The number of hydrogen-bond acceptors (Lipinski definition) is 4. The molecule has 1 atom stereocenters. The molecular formula is C23H28Cl2FN3O4S. The standard InChI is InChI=1S/C23H28Cl2FN3O4S/c1-15(22(31)27-23(2,3)4)28(13-16-6-7-17(24)12-20(16)25)21(30)14-29(34(5,32)33)19-10-8-18(26)9-11-19/h6-12,15H,13-14H2,1-5H3,(H,27,31)/t15-/m0/s1. The molecule has 0 saturated heterocycles. The fourth-order valence-electron chi connectivity index (χ4n) is 3.11. The molecule has 2 rings (SSSR count). The highest BCUT2D eigenvalue weighted by atomic mass is 35.5. The molecule has 0 unspecified atom stereocenters. The lowest BCUT2D eigenvalue weighted by Gasteiger charge is -2.33. The van der Waals surface area contributed by atoms with E-state index in [1.807, 2.05) is 0 Å². The molecule has 0 spiro atoms. The molecular weight excluding hydrogens is 504 g/mol. The molecule has 2 aromatic carbocycles. The molecule has 7 nitrogen and oxygen atoms in total. The van der Waals surface area contributed by atoms with Crippen molar-refractivity contribution in [2.45, 2.75) is 45.8 Å². The predicted molar refractivity (Wildman–Crippen MR) is 133 cm³/mol. The van der Waals surface area contributed by atoms with Crippen molar-refractivity contribution in [3.05, 3.63) is 63.9 Å². The lowest BCUT2D eigenvalue weighted by molar-refractivity contribution is -0.140. The smallest absolute Gasteiger partial charge is 0.244 e. The monoisotopic (exact) mass is 531 g/mol. The van der Waals surface area contributed by atoms with Gasteiger partial charge in [0.05, 0.1) is 11.9 Å². The van der Waals surface area contributed by atoms with Crippen LogP contribution in [0.15, 0.2) is 42.5 Å². The second-order valence-corrected chi connectivity index (χ2v) is 11.7. The van der Waals surface area contributed by atoms with Crippen molar-refractivity contribution in [1.82, 2.24) is 10.2 Å². The van der Waals surface area contributed by atoms with Crippen LogP contribution in [0.25, 0.3) is 0 Å². The Morgan fingerprint density at radius 1 is 1.09 bits per heavy atom. The maximum absolute atomic E-state index is 13.4. The summed E-state index contributed by atoms with van der Waals surface area (Å²) in [6, 6.07) is 8.53. The highest BCUT2D eigenvalue weighted by molar-refractivity contribution is 7.92. The number of nitrogens with one attached hydrogen (secondary N) is 1. The summed E-state index contributed by atoms with van der Waals surface area (Å²) in [6.07, 6.45) is 0.944. The third kappa shape index (κ3) is 7.85. The van der Waals surface area contributed by atoms with Crippen molar-refractivity contribution in [3.63, 3.8) is 0 Å². The maximum Gasteiger partial charge on any atom is 0.244 e. The Labute approximate surface area is 209 Å². The zero-order chi connectivity index (χ0) is 25.8. The number of halogens is 3. The Hall–Kier alpha value is -2.36. The lowest BCUT2D eigenvalue weighted by atomic mass is 10.1. The summed E-state index contributed by atoms with van der Waals surface area (Å²) >= 11 is 12.3. The zero-order valence-electron chi connectivity index (χ0n) is 19.6. The van der Waals surface area contributed by atoms with Crippen LogP contribution in [0.3, 0.4) is 0 Å². The van der Waals surface area contributed by atoms with Crippen LogP contribution < -0.4 is 9.62 Å². The van der Waals surface area contributed by atoms with Gasteiger partial charge in [0, 0.05) is 22.1 Å². The van der Waals surface area contributed by atoms with Crippen molar-refractivity contribution in [2.75, 3.05) is 17.1 Å². The van der Waals surface area contributed by atoms with Crippen LogP contribution in [0.2, 0.25) is 10.0 Å². The van der Waals surface area contributed by atoms with E-state index in [1.54, 1.807) is 39.8 Å². The summed E-state index contributed by atoms with van der Waals surface area (Å²) in [7, 11) is -3.90. The Kier molecular flexibility index (Phi) is 8.96. The van der Waals surface area contributed by atoms with Crippen LogP contribution in [0.5, 0.6) is 0 Å². The van der Waals surface area contributed by atoms with Gasteiger partial charge >= 0.3 is 0 Å². The first-order valence-corrected chi connectivity index (χ1v) is 13.0. The molecule has 186 valence electrons. The molecule has 0 aliphatic carbocycles. The minimum atomic E-state index is -3.90. The summed E-state index contributed by atoms with van der Waals surface area (Å²) in [6.45, 7) is 6.31. The van der Waals surface area contributed by atoms with Gasteiger partial charge in [-0.1, -0.05) is 29.3 Å². The highest BCUT2D eigenvalue weighted by Gasteiger charge is 2.31. The van der Waals surface area contributed by atoms with Gasteiger partial charge in [-0.25, -0.2) is 12.8 Å². The summed E-state index contributed by atoms with van der Waals surface area (Å²) < 4.78 is 39.2. The Morgan fingerprint density at radius 3 is 2.18 bits per heavy atom. The van der Waals surface area contributed by atoms with Crippen molar-refractivity contribution >= 4 is 50.7 Å². The number of carbonyl (C=O) groups excluding carboxylic acids is 2. The van der Waals surface area contributed by atoms with E-state index in [0.717, 1.165) is 22.7 Å².